The zero-order valence-corrected chi connectivity index (χ0v) is 18.9. The molecule has 164 valence electrons. The van der Waals surface area contributed by atoms with Crippen LogP contribution in [0.2, 0.25) is 5.02 Å². The minimum Gasteiger partial charge on any atom is -0.349 e. The SMILES string of the molecule is Cc1cc(C)c(NC(=O)CN(C)C(=O)Nc2ccc(Cl)c(C(=O)NC3CC3)c2)c(C)c1. The maximum Gasteiger partial charge on any atom is 0.322 e. The number of carbonyl (C=O) groups is 3. The van der Waals surface area contributed by atoms with Crippen molar-refractivity contribution in [3.05, 3.63) is 57.6 Å². The van der Waals surface area contributed by atoms with Crippen LogP contribution in [-0.2, 0) is 4.79 Å². The molecule has 3 N–H and O–H groups in total. The number of rotatable bonds is 6. The van der Waals surface area contributed by atoms with Crippen molar-refractivity contribution in [2.75, 3.05) is 24.2 Å². The van der Waals surface area contributed by atoms with Crippen LogP contribution in [0.15, 0.2) is 30.3 Å². The van der Waals surface area contributed by atoms with Crippen LogP contribution in [0, 0.1) is 20.8 Å². The van der Waals surface area contributed by atoms with E-state index in [9.17, 15) is 14.4 Å². The van der Waals surface area contributed by atoms with E-state index in [1.165, 1.54) is 18.0 Å². The van der Waals surface area contributed by atoms with Gasteiger partial charge < -0.3 is 20.9 Å². The van der Waals surface area contributed by atoms with Gasteiger partial charge in [-0.3, -0.25) is 9.59 Å². The molecule has 0 radical (unpaired) electrons. The molecule has 0 unspecified atom stereocenters. The van der Waals surface area contributed by atoms with Crippen LogP contribution in [0.1, 0.15) is 39.9 Å². The van der Waals surface area contributed by atoms with Gasteiger partial charge in [0, 0.05) is 24.5 Å². The van der Waals surface area contributed by atoms with E-state index >= 15 is 0 Å². The highest BCUT2D eigenvalue weighted by Crippen LogP contribution is 2.24. The second-order valence-corrected chi connectivity index (χ2v) is 8.46. The summed E-state index contributed by atoms with van der Waals surface area (Å²) in [6.45, 7) is 5.75. The van der Waals surface area contributed by atoms with Gasteiger partial charge in [0.05, 0.1) is 10.6 Å². The second kappa shape index (κ2) is 9.39. The monoisotopic (exact) mass is 442 g/mol. The first kappa shape index (κ1) is 22.6. The van der Waals surface area contributed by atoms with Gasteiger partial charge >= 0.3 is 6.03 Å². The summed E-state index contributed by atoms with van der Waals surface area (Å²) >= 11 is 6.14. The molecule has 4 amide bonds. The molecule has 1 aliphatic rings. The topological polar surface area (TPSA) is 90.5 Å². The van der Waals surface area contributed by atoms with Gasteiger partial charge in [0.2, 0.25) is 5.91 Å². The molecule has 0 aliphatic heterocycles. The van der Waals surface area contributed by atoms with Gasteiger partial charge in [0.15, 0.2) is 0 Å². The van der Waals surface area contributed by atoms with E-state index in [0.29, 0.717) is 16.3 Å². The van der Waals surface area contributed by atoms with Gasteiger partial charge in [-0.15, -0.1) is 0 Å². The fourth-order valence-corrected chi connectivity index (χ4v) is 3.53. The van der Waals surface area contributed by atoms with Crippen LogP contribution in [-0.4, -0.2) is 42.4 Å². The third kappa shape index (κ3) is 5.98. The van der Waals surface area contributed by atoms with Crippen LogP contribution in [0.4, 0.5) is 16.2 Å². The minimum atomic E-state index is -0.469. The summed E-state index contributed by atoms with van der Waals surface area (Å²) in [5.74, 6) is -0.562. The Hall–Kier alpha value is -3.06. The summed E-state index contributed by atoms with van der Waals surface area (Å²) in [5, 5.41) is 8.77. The Labute approximate surface area is 187 Å². The number of halogens is 1. The molecule has 31 heavy (non-hydrogen) atoms. The molecule has 1 saturated carbocycles. The van der Waals surface area contributed by atoms with E-state index in [1.807, 2.05) is 32.9 Å². The van der Waals surface area contributed by atoms with Crippen molar-refractivity contribution in [1.29, 1.82) is 0 Å². The van der Waals surface area contributed by atoms with Gasteiger partial charge in [0.1, 0.15) is 6.54 Å². The van der Waals surface area contributed by atoms with Gasteiger partial charge in [-0.1, -0.05) is 29.3 Å². The molecule has 0 spiro atoms. The molecule has 0 aromatic heterocycles. The number of nitrogens with zero attached hydrogens (tertiary/aromatic N) is 1. The highest BCUT2D eigenvalue weighted by atomic mass is 35.5. The highest BCUT2D eigenvalue weighted by molar-refractivity contribution is 6.34. The summed E-state index contributed by atoms with van der Waals surface area (Å²) in [6.07, 6.45) is 1.93. The van der Waals surface area contributed by atoms with Crippen molar-refractivity contribution < 1.29 is 14.4 Å². The Bertz CT molecular complexity index is 1010. The largest absolute Gasteiger partial charge is 0.349 e. The zero-order valence-electron chi connectivity index (χ0n) is 18.1. The third-order valence-corrected chi connectivity index (χ3v) is 5.37. The summed E-state index contributed by atoms with van der Waals surface area (Å²) in [4.78, 5) is 38.6. The lowest BCUT2D eigenvalue weighted by Gasteiger charge is -2.19. The van der Waals surface area contributed by atoms with Gasteiger partial charge in [-0.05, 0) is 62.9 Å². The second-order valence-electron chi connectivity index (χ2n) is 8.05. The minimum absolute atomic E-state index is 0.124. The molecule has 7 nitrogen and oxygen atoms in total. The van der Waals surface area contributed by atoms with Gasteiger partial charge in [-0.25, -0.2) is 4.79 Å². The predicted octanol–water partition coefficient (Wildman–Crippen LogP) is 4.26. The number of aryl methyl sites for hydroxylation is 3. The smallest absolute Gasteiger partial charge is 0.322 e. The molecule has 1 aliphatic carbocycles. The third-order valence-electron chi connectivity index (χ3n) is 5.04. The fourth-order valence-electron chi connectivity index (χ4n) is 3.33. The van der Waals surface area contributed by atoms with Gasteiger partial charge in [-0.2, -0.15) is 0 Å². The Kier molecular flexibility index (Phi) is 6.85. The maximum atomic E-state index is 12.5. The molecule has 0 saturated heterocycles. The Morgan fingerprint density at radius 1 is 1.03 bits per heavy atom. The molecule has 8 heteroatoms. The Morgan fingerprint density at radius 3 is 2.29 bits per heavy atom. The van der Waals surface area contributed by atoms with Crippen LogP contribution < -0.4 is 16.0 Å². The van der Waals surface area contributed by atoms with Crippen molar-refractivity contribution in [2.24, 2.45) is 0 Å². The first-order valence-corrected chi connectivity index (χ1v) is 10.5. The lowest BCUT2D eigenvalue weighted by molar-refractivity contribution is -0.116. The number of hydrogen-bond acceptors (Lipinski definition) is 3. The molecule has 0 heterocycles. The first-order chi connectivity index (χ1) is 14.6. The van der Waals surface area contributed by atoms with Crippen LogP contribution in [0.25, 0.3) is 0 Å². The number of benzene rings is 2. The normalized spacial score (nSPS) is 12.8. The first-order valence-electron chi connectivity index (χ1n) is 10.1. The van der Waals surface area contributed by atoms with Crippen LogP contribution in [0.5, 0.6) is 0 Å². The van der Waals surface area contributed by atoms with E-state index in [1.54, 1.807) is 12.1 Å². The molecule has 3 rings (SSSR count). The summed E-state index contributed by atoms with van der Waals surface area (Å²) in [6, 6.07) is 8.43. The van der Waals surface area contributed by atoms with Gasteiger partial charge in [0.25, 0.3) is 5.91 Å². The number of nitrogens with one attached hydrogen (secondary N) is 3. The maximum absolute atomic E-state index is 12.5. The number of anilines is 2. The number of hydrogen-bond donors (Lipinski definition) is 3. The summed E-state index contributed by atoms with van der Waals surface area (Å²) in [5.41, 5.74) is 4.54. The molecule has 0 bridgehead atoms. The predicted molar refractivity (Wildman–Crippen MR) is 123 cm³/mol. The molecule has 0 atom stereocenters. The number of urea groups is 1. The molecule has 1 fully saturated rings. The van der Waals surface area contributed by atoms with E-state index in [2.05, 4.69) is 16.0 Å². The standard InChI is InChI=1S/C23H27ClN4O3/c1-13-9-14(2)21(15(3)10-13)27-20(29)12-28(4)23(31)26-17-7-8-19(24)18(11-17)22(30)25-16-5-6-16/h7-11,16H,5-6,12H2,1-4H3,(H,25,30)(H,26,31)(H,27,29). The highest BCUT2D eigenvalue weighted by Gasteiger charge is 2.25. The van der Waals surface area contributed by atoms with E-state index in [-0.39, 0.29) is 24.4 Å². The Morgan fingerprint density at radius 2 is 1.68 bits per heavy atom. The van der Waals surface area contributed by atoms with Crippen molar-refractivity contribution in [1.82, 2.24) is 10.2 Å². The summed E-state index contributed by atoms with van der Waals surface area (Å²) < 4.78 is 0. The van der Waals surface area contributed by atoms with E-state index < -0.39 is 6.03 Å². The molecule has 2 aromatic rings. The number of amides is 4. The zero-order chi connectivity index (χ0) is 22.7. The van der Waals surface area contributed by atoms with Crippen molar-refractivity contribution in [2.45, 2.75) is 39.7 Å². The summed E-state index contributed by atoms with van der Waals surface area (Å²) in [7, 11) is 1.53. The molecule has 2 aromatic carbocycles. The number of carbonyl (C=O) groups excluding carboxylic acids is 3. The Balaban J connectivity index is 1.60. The lowest BCUT2D eigenvalue weighted by atomic mass is 10.1. The quantitative estimate of drug-likeness (QED) is 0.624. The van der Waals surface area contributed by atoms with Crippen LogP contribution >= 0.6 is 11.6 Å². The molecular weight excluding hydrogens is 416 g/mol. The van der Waals surface area contributed by atoms with Crippen molar-refractivity contribution in [3.63, 3.8) is 0 Å². The average Bonchev–Trinajstić information content (AvgIpc) is 3.50. The van der Waals surface area contributed by atoms with E-state index in [4.69, 9.17) is 11.6 Å². The molecular formula is C23H27ClN4O3. The number of likely N-dealkylation sites (N-methyl/N-ethyl adjacent to an activating group) is 1. The lowest BCUT2D eigenvalue weighted by Crippen LogP contribution is -2.38. The van der Waals surface area contributed by atoms with Crippen LogP contribution in [0.3, 0.4) is 0 Å². The average molecular weight is 443 g/mol. The van der Waals surface area contributed by atoms with E-state index in [0.717, 1.165) is 35.2 Å². The van der Waals surface area contributed by atoms with Crippen molar-refractivity contribution >= 4 is 40.8 Å². The fraction of sp³-hybridized carbons (Fsp3) is 0.348. The van der Waals surface area contributed by atoms with Crippen molar-refractivity contribution in [3.8, 4) is 0 Å².